The van der Waals surface area contributed by atoms with Crippen LogP contribution in [-0.4, -0.2) is 29.6 Å². The van der Waals surface area contributed by atoms with Crippen molar-refractivity contribution in [1.29, 1.82) is 0 Å². The van der Waals surface area contributed by atoms with Crippen molar-refractivity contribution in [3.63, 3.8) is 0 Å². The van der Waals surface area contributed by atoms with E-state index in [1.165, 1.54) is 10.6 Å². The Balaban J connectivity index is 1.60. The first-order valence-electron chi connectivity index (χ1n) is 14.4. The molecule has 4 rings (SSSR count). The van der Waals surface area contributed by atoms with Crippen LogP contribution in [0.2, 0.25) is 0 Å². The predicted octanol–water partition coefficient (Wildman–Crippen LogP) is 6.78. The minimum Gasteiger partial charge on any atom is -0.444 e. The largest absolute Gasteiger partial charge is 0.444 e. The number of para-hydroxylation sites is 1. The lowest BCUT2D eigenvalue weighted by molar-refractivity contribution is -0.128. The first kappa shape index (κ1) is 29.8. The number of carbonyl (C=O) groups is 3. The maximum Gasteiger partial charge on any atom is 0.408 e. The number of rotatable bonds is 9. The van der Waals surface area contributed by atoms with E-state index in [9.17, 15) is 14.4 Å². The third kappa shape index (κ3) is 7.54. The van der Waals surface area contributed by atoms with Gasteiger partial charge in [-0.1, -0.05) is 93.1 Å². The van der Waals surface area contributed by atoms with Crippen LogP contribution in [-0.2, 0) is 20.7 Å². The molecule has 3 aromatic carbocycles. The second-order valence-electron chi connectivity index (χ2n) is 11.9. The van der Waals surface area contributed by atoms with Crippen LogP contribution in [0.1, 0.15) is 70.9 Å². The van der Waals surface area contributed by atoms with Crippen LogP contribution in [0.5, 0.6) is 0 Å². The third-order valence-corrected chi connectivity index (χ3v) is 7.18. The number of nitrogens with one attached hydrogen (secondary N) is 2. The van der Waals surface area contributed by atoms with Gasteiger partial charge in [0.25, 0.3) is 11.8 Å². The molecule has 1 aliphatic rings. The Morgan fingerprint density at radius 2 is 1.51 bits per heavy atom. The summed E-state index contributed by atoms with van der Waals surface area (Å²) in [4.78, 5) is 40.5. The van der Waals surface area contributed by atoms with Crippen LogP contribution < -0.4 is 15.8 Å². The van der Waals surface area contributed by atoms with Gasteiger partial charge >= 0.3 is 6.09 Å². The maximum absolute atomic E-state index is 14.3. The van der Waals surface area contributed by atoms with Crippen LogP contribution in [0.25, 0.3) is 11.1 Å². The number of unbranched alkanes of at least 4 members (excludes halogenated alkanes) is 1. The number of benzene rings is 3. The summed E-state index contributed by atoms with van der Waals surface area (Å²) in [5, 5.41) is 4.07. The Labute approximate surface area is 243 Å². The molecule has 0 aliphatic carbocycles. The topological polar surface area (TPSA) is 87.7 Å². The van der Waals surface area contributed by atoms with Gasteiger partial charge in [0.2, 0.25) is 0 Å². The molecular weight excluding hydrogens is 514 g/mol. The monoisotopic (exact) mass is 555 g/mol. The molecule has 0 saturated heterocycles. The molecule has 2 atom stereocenters. The highest BCUT2D eigenvalue weighted by Crippen LogP contribution is 2.42. The standard InChI is InChI=1S/C34H41N3O4/c1-23(2)30(35-33(40)41-34(3,4)5)31(38)36-37-29-22-14-13-20-27(29)25-18-11-12-19-26(25)28(32(37)39)21-10-9-17-24-15-7-6-8-16-24/h6-8,11-16,18-20,22-23,28,30H,9-10,17,21H2,1-5H3,(H,35,40)(H,36,38)/t28?,30-/m0/s1. The van der Waals surface area contributed by atoms with E-state index in [1.54, 1.807) is 20.8 Å². The van der Waals surface area contributed by atoms with Gasteiger partial charge in [-0.25, -0.2) is 9.80 Å². The lowest BCUT2D eigenvalue weighted by Crippen LogP contribution is -2.57. The number of nitrogens with zero attached hydrogens (tertiary/aromatic N) is 1. The normalized spacial score (nSPS) is 15.4. The van der Waals surface area contributed by atoms with E-state index in [0.29, 0.717) is 12.1 Å². The third-order valence-electron chi connectivity index (χ3n) is 7.18. The van der Waals surface area contributed by atoms with Crippen molar-refractivity contribution in [1.82, 2.24) is 10.7 Å². The molecule has 7 heteroatoms. The predicted molar refractivity (Wildman–Crippen MR) is 162 cm³/mol. The number of ether oxygens (including phenoxy) is 1. The van der Waals surface area contributed by atoms with Crippen molar-refractivity contribution in [3.8, 4) is 11.1 Å². The summed E-state index contributed by atoms with van der Waals surface area (Å²) in [5.74, 6) is -1.37. The van der Waals surface area contributed by atoms with Gasteiger partial charge in [0, 0.05) is 5.56 Å². The molecule has 0 spiro atoms. The molecule has 0 radical (unpaired) electrons. The summed E-state index contributed by atoms with van der Waals surface area (Å²) in [5.41, 5.74) is 6.84. The second-order valence-corrected chi connectivity index (χ2v) is 11.9. The Hall–Kier alpha value is -4.13. The number of alkyl carbamates (subject to hydrolysis) is 1. The van der Waals surface area contributed by atoms with Crippen molar-refractivity contribution in [3.05, 3.63) is 90.0 Å². The second kappa shape index (κ2) is 13.0. The summed E-state index contributed by atoms with van der Waals surface area (Å²) in [6.07, 6.45) is 2.71. The van der Waals surface area contributed by atoms with Crippen LogP contribution >= 0.6 is 0 Å². The fraction of sp³-hybridized carbons (Fsp3) is 0.382. The number of anilines is 1. The molecule has 1 heterocycles. The zero-order valence-corrected chi connectivity index (χ0v) is 24.6. The van der Waals surface area contributed by atoms with Gasteiger partial charge in [0.15, 0.2) is 0 Å². The number of fused-ring (bicyclic) bond motifs is 3. The fourth-order valence-electron chi connectivity index (χ4n) is 5.22. The number of hydrogen-bond acceptors (Lipinski definition) is 4. The maximum atomic E-state index is 14.3. The number of hydrogen-bond donors (Lipinski definition) is 2. The Kier molecular flexibility index (Phi) is 9.48. The lowest BCUT2D eigenvalue weighted by atomic mass is 9.87. The molecule has 7 nitrogen and oxygen atoms in total. The average Bonchev–Trinajstić information content (AvgIpc) is 3.02. The molecule has 3 aromatic rings. The minimum absolute atomic E-state index is 0.199. The molecular formula is C34H41N3O4. The molecule has 0 saturated carbocycles. The van der Waals surface area contributed by atoms with Crippen LogP contribution in [0.3, 0.4) is 0 Å². The molecule has 0 bridgehead atoms. The first-order valence-corrected chi connectivity index (χ1v) is 14.4. The highest BCUT2D eigenvalue weighted by molar-refractivity contribution is 6.07. The van der Waals surface area contributed by atoms with E-state index in [0.717, 1.165) is 36.0 Å². The number of aryl methyl sites for hydroxylation is 1. The van der Waals surface area contributed by atoms with Crippen molar-refractivity contribution in [2.75, 3.05) is 5.01 Å². The van der Waals surface area contributed by atoms with Gasteiger partial charge in [-0.2, -0.15) is 0 Å². The van der Waals surface area contributed by atoms with Crippen LogP contribution in [0, 0.1) is 5.92 Å². The van der Waals surface area contributed by atoms with Crippen molar-refractivity contribution in [2.45, 2.75) is 77.9 Å². The van der Waals surface area contributed by atoms with E-state index in [-0.39, 0.29) is 11.8 Å². The SMILES string of the molecule is CC(C)[C@H](NC(=O)OC(C)(C)C)C(=O)NN1C(=O)C(CCCCc2ccccc2)c2ccccc2-c2ccccc21. The van der Waals surface area contributed by atoms with Gasteiger partial charge in [0.1, 0.15) is 11.6 Å². The highest BCUT2D eigenvalue weighted by Gasteiger charge is 2.36. The van der Waals surface area contributed by atoms with E-state index in [2.05, 4.69) is 22.9 Å². The molecule has 3 amide bonds. The van der Waals surface area contributed by atoms with E-state index in [1.807, 2.05) is 80.6 Å². The highest BCUT2D eigenvalue weighted by atomic mass is 16.6. The Morgan fingerprint density at radius 3 is 2.20 bits per heavy atom. The molecule has 41 heavy (non-hydrogen) atoms. The first-order chi connectivity index (χ1) is 19.5. The fourth-order valence-corrected chi connectivity index (χ4v) is 5.22. The summed E-state index contributed by atoms with van der Waals surface area (Å²) in [7, 11) is 0. The Morgan fingerprint density at radius 1 is 0.878 bits per heavy atom. The van der Waals surface area contributed by atoms with Crippen molar-refractivity contribution >= 4 is 23.6 Å². The van der Waals surface area contributed by atoms with Gasteiger partial charge in [-0.3, -0.25) is 15.0 Å². The van der Waals surface area contributed by atoms with Gasteiger partial charge in [-0.05, 0) is 68.7 Å². The number of amides is 3. The average molecular weight is 556 g/mol. The minimum atomic E-state index is -0.903. The zero-order valence-electron chi connectivity index (χ0n) is 24.6. The van der Waals surface area contributed by atoms with Crippen LogP contribution in [0.4, 0.5) is 10.5 Å². The van der Waals surface area contributed by atoms with Crippen molar-refractivity contribution < 1.29 is 19.1 Å². The van der Waals surface area contributed by atoms with Crippen molar-refractivity contribution in [2.24, 2.45) is 5.92 Å². The van der Waals surface area contributed by atoms with Gasteiger partial charge in [0.05, 0.1) is 11.6 Å². The Bertz CT molecular complexity index is 1360. The number of carbonyl (C=O) groups excluding carboxylic acids is 3. The quantitative estimate of drug-likeness (QED) is 0.285. The summed E-state index contributed by atoms with van der Waals surface area (Å²) >= 11 is 0. The molecule has 216 valence electrons. The molecule has 1 unspecified atom stereocenters. The van der Waals surface area contributed by atoms with E-state index < -0.39 is 29.6 Å². The lowest BCUT2D eigenvalue weighted by Gasteiger charge is -2.30. The summed E-state index contributed by atoms with van der Waals surface area (Å²) < 4.78 is 5.39. The van der Waals surface area contributed by atoms with Gasteiger partial charge in [-0.15, -0.1) is 0 Å². The summed E-state index contributed by atoms with van der Waals surface area (Å²) in [6.45, 7) is 8.97. The molecule has 2 N–H and O–H groups in total. The van der Waals surface area contributed by atoms with E-state index >= 15 is 0 Å². The summed E-state index contributed by atoms with van der Waals surface area (Å²) in [6, 6.07) is 25.0. The van der Waals surface area contributed by atoms with Gasteiger partial charge < -0.3 is 10.1 Å². The smallest absolute Gasteiger partial charge is 0.408 e. The van der Waals surface area contributed by atoms with E-state index in [4.69, 9.17) is 4.74 Å². The number of hydrazine groups is 1. The zero-order chi connectivity index (χ0) is 29.6. The molecule has 0 aromatic heterocycles. The molecule has 0 fully saturated rings. The molecule has 1 aliphatic heterocycles. The van der Waals surface area contributed by atoms with Crippen LogP contribution in [0.15, 0.2) is 78.9 Å².